The van der Waals surface area contributed by atoms with Gasteiger partial charge in [-0.3, -0.25) is 4.79 Å². The maximum Gasteiger partial charge on any atom is 0.310 e. The summed E-state index contributed by atoms with van der Waals surface area (Å²) in [5, 5.41) is 0.556. The van der Waals surface area contributed by atoms with Crippen LogP contribution in [0.25, 0.3) is 0 Å². The molecule has 5 heteroatoms. The van der Waals surface area contributed by atoms with Crippen LogP contribution in [0.4, 0.5) is 0 Å². The molecule has 2 aromatic rings. The van der Waals surface area contributed by atoms with Gasteiger partial charge in [0.15, 0.2) is 0 Å². The van der Waals surface area contributed by atoms with Crippen LogP contribution in [0.2, 0.25) is 5.02 Å². The van der Waals surface area contributed by atoms with Gasteiger partial charge in [-0.25, -0.2) is 0 Å². The van der Waals surface area contributed by atoms with Crippen LogP contribution in [-0.2, 0) is 17.8 Å². The highest BCUT2D eigenvalue weighted by Gasteiger charge is 2.15. The predicted octanol–water partition coefficient (Wildman–Crippen LogP) is 5.20. The van der Waals surface area contributed by atoms with Gasteiger partial charge in [-0.15, -0.1) is 0 Å². The molecule has 0 N–H and O–H groups in total. The average Bonchev–Trinajstić information content (AvgIpc) is 2.62. The minimum atomic E-state index is -0.305. The summed E-state index contributed by atoms with van der Waals surface area (Å²) in [7, 11) is 0. The van der Waals surface area contributed by atoms with E-state index in [0.717, 1.165) is 12.0 Å². The summed E-state index contributed by atoms with van der Waals surface area (Å²) in [6, 6.07) is 11.1. The number of esters is 1. The highest BCUT2D eigenvalue weighted by atomic mass is 35.5. The smallest absolute Gasteiger partial charge is 0.310 e. The van der Waals surface area contributed by atoms with Crippen LogP contribution in [0.15, 0.2) is 36.4 Å². The second-order valence-corrected chi connectivity index (χ2v) is 5.81. The molecule has 0 aliphatic heterocycles. The van der Waals surface area contributed by atoms with E-state index in [1.54, 1.807) is 19.1 Å². The number of halogens is 1. The summed E-state index contributed by atoms with van der Waals surface area (Å²) in [4.78, 5) is 11.7. The van der Waals surface area contributed by atoms with E-state index in [9.17, 15) is 4.79 Å². The second-order valence-electron chi connectivity index (χ2n) is 5.40. The van der Waals surface area contributed by atoms with Crippen molar-refractivity contribution in [3.8, 4) is 17.2 Å². The lowest BCUT2D eigenvalue weighted by Crippen LogP contribution is -2.10. The maximum absolute atomic E-state index is 11.7. The van der Waals surface area contributed by atoms with Crippen molar-refractivity contribution in [2.24, 2.45) is 0 Å². The highest BCUT2D eigenvalue weighted by molar-refractivity contribution is 6.32. The molecule has 134 valence electrons. The van der Waals surface area contributed by atoms with Crippen molar-refractivity contribution < 1.29 is 19.0 Å². The van der Waals surface area contributed by atoms with Crippen molar-refractivity contribution in [2.45, 2.75) is 40.2 Å². The zero-order valence-electron chi connectivity index (χ0n) is 14.8. The Balaban J connectivity index is 2.25. The molecule has 0 unspecified atom stereocenters. The molecule has 0 heterocycles. The Hall–Kier alpha value is -2.20. The minimum Gasteiger partial charge on any atom is -0.493 e. The van der Waals surface area contributed by atoms with Gasteiger partial charge in [-0.05, 0) is 43.2 Å². The lowest BCUT2D eigenvalue weighted by Gasteiger charge is -2.16. The quantitative estimate of drug-likeness (QED) is 0.478. The third-order valence-electron chi connectivity index (χ3n) is 3.68. The normalized spacial score (nSPS) is 10.4. The fraction of sp³-hybridized carbons (Fsp3) is 0.350. The lowest BCUT2D eigenvalue weighted by atomic mass is 10.1. The Morgan fingerprint density at radius 2 is 1.76 bits per heavy atom. The lowest BCUT2D eigenvalue weighted by molar-refractivity contribution is -0.134. The predicted molar refractivity (Wildman–Crippen MR) is 98.7 cm³/mol. The van der Waals surface area contributed by atoms with Crippen molar-refractivity contribution in [1.29, 1.82) is 0 Å². The first-order valence-electron chi connectivity index (χ1n) is 8.45. The van der Waals surface area contributed by atoms with Gasteiger partial charge in [0, 0.05) is 6.42 Å². The minimum absolute atomic E-state index is 0.188. The number of rotatable bonds is 8. The maximum atomic E-state index is 11.7. The van der Waals surface area contributed by atoms with Crippen LogP contribution in [-0.4, -0.2) is 12.6 Å². The van der Waals surface area contributed by atoms with Crippen LogP contribution in [0.3, 0.4) is 0 Å². The molecule has 2 aromatic carbocycles. The Labute approximate surface area is 153 Å². The molecule has 0 saturated carbocycles. The summed E-state index contributed by atoms with van der Waals surface area (Å²) in [5.74, 6) is 1.35. The van der Waals surface area contributed by atoms with Gasteiger partial charge in [-0.2, -0.15) is 0 Å². The fourth-order valence-corrected chi connectivity index (χ4v) is 2.56. The van der Waals surface area contributed by atoms with Gasteiger partial charge in [0.25, 0.3) is 0 Å². The van der Waals surface area contributed by atoms with E-state index in [1.807, 2.05) is 31.2 Å². The molecule has 0 fully saturated rings. The Morgan fingerprint density at radius 3 is 2.40 bits per heavy atom. The number of benzene rings is 2. The van der Waals surface area contributed by atoms with E-state index >= 15 is 0 Å². The van der Waals surface area contributed by atoms with Gasteiger partial charge in [0.05, 0.1) is 17.2 Å². The Bertz CT molecular complexity index is 728. The van der Waals surface area contributed by atoms with Crippen molar-refractivity contribution in [1.82, 2.24) is 0 Å². The molecule has 0 aliphatic carbocycles. The molecule has 0 radical (unpaired) electrons. The van der Waals surface area contributed by atoms with Gasteiger partial charge < -0.3 is 14.2 Å². The standard InChI is InChI=1S/C20H23ClO4/c1-4-14-10-11-19(16(21)12-14)24-13-15-17(23-6-3)8-7-9-18(15)25-20(22)5-2/h7-12H,4-6,13H2,1-3H3. The van der Waals surface area contributed by atoms with E-state index in [4.69, 9.17) is 25.8 Å². The largest absolute Gasteiger partial charge is 0.493 e. The van der Waals surface area contributed by atoms with E-state index < -0.39 is 0 Å². The molecule has 0 bridgehead atoms. The molecular weight excluding hydrogens is 340 g/mol. The van der Waals surface area contributed by atoms with Crippen molar-refractivity contribution in [3.05, 3.63) is 52.5 Å². The molecule has 25 heavy (non-hydrogen) atoms. The molecule has 0 aromatic heterocycles. The second kappa shape index (κ2) is 9.33. The molecule has 4 nitrogen and oxygen atoms in total. The third-order valence-corrected chi connectivity index (χ3v) is 3.97. The number of hydrogen-bond donors (Lipinski definition) is 0. The van der Waals surface area contributed by atoms with Crippen molar-refractivity contribution in [2.75, 3.05) is 6.61 Å². The first-order valence-corrected chi connectivity index (χ1v) is 8.83. The SMILES string of the molecule is CCOc1cccc(OC(=O)CC)c1COc1ccc(CC)cc1Cl. The molecule has 0 spiro atoms. The number of ether oxygens (including phenoxy) is 3. The first-order chi connectivity index (χ1) is 12.1. The number of carbonyl (C=O) groups is 1. The molecular formula is C20H23ClO4. The highest BCUT2D eigenvalue weighted by Crippen LogP contribution is 2.32. The number of hydrogen-bond acceptors (Lipinski definition) is 4. The molecule has 0 saturated heterocycles. The van der Waals surface area contributed by atoms with E-state index in [-0.39, 0.29) is 12.6 Å². The molecule has 0 atom stereocenters. The summed E-state index contributed by atoms with van der Waals surface area (Å²) in [6.07, 6.45) is 1.20. The average molecular weight is 363 g/mol. The Kier molecular flexibility index (Phi) is 7.14. The van der Waals surface area contributed by atoms with Crippen LogP contribution in [0.1, 0.15) is 38.3 Å². The van der Waals surface area contributed by atoms with E-state index in [0.29, 0.717) is 40.9 Å². The van der Waals surface area contributed by atoms with E-state index in [2.05, 4.69) is 6.92 Å². The van der Waals surface area contributed by atoms with Crippen LogP contribution < -0.4 is 14.2 Å². The number of carbonyl (C=O) groups excluding carboxylic acids is 1. The van der Waals surface area contributed by atoms with Crippen LogP contribution in [0.5, 0.6) is 17.2 Å². The van der Waals surface area contributed by atoms with E-state index in [1.165, 1.54) is 0 Å². The monoisotopic (exact) mass is 362 g/mol. The fourth-order valence-electron chi connectivity index (χ4n) is 2.30. The summed E-state index contributed by atoms with van der Waals surface area (Å²) in [5.41, 5.74) is 1.83. The van der Waals surface area contributed by atoms with Gasteiger partial charge in [0.2, 0.25) is 0 Å². The van der Waals surface area contributed by atoms with Gasteiger partial charge in [0.1, 0.15) is 23.9 Å². The van der Waals surface area contributed by atoms with Crippen LogP contribution >= 0.6 is 11.6 Å². The number of aryl methyl sites for hydroxylation is 1. The first kappa shape index (κ1) is 19.1. The van der Waals surface area contributed by atoms with Gasteiger partial charge in [-0.1, -0.05) is 37.6 Å². The summed E-state index contributed by atoms with van der Waals surface area (Å²) < 4.78 is 16.9. The summed E-state index contributed by atoms with van der Waals surface area (Å²) in [6.45, 7) is 6.41. The summed E-state index contributed by atoms with van der Waals surface area (Å²) >= 11 is 6.28. The zero-order valence-corrected chi connectivity index (χ0v) is 15.6. The van der Waals surface area contributed by atoms with Crippen LogP contribution in [0, 0.1) is 0 Å². The molecule has 0 aliphatic rings. The third kappa shape index (κ3) is 5.13. The Morgan fingerprint density at radius 1 is 1.00 bits per heavy atom. The topological polar surface area (TPSA) is 44.8 Å². The molecule has 0 amide bonds. The molecule has 2 rings (SSSR count). The van der Waals surface area contributed by atoms with Crippen molar-refractivity contribution >= 4 is 17.6 Å². The zero-order chi connectivity index (χ0) is 18.2. The van der Waals surface area contributed by atoms with Crippen molar-refractivity contribution in [3.63, 3.8) is 0 Å². The van der Waals surface area contributed by atoms with Gasteiger partial charge >= 0.3 is 5.97 Å².